The Morgan fingerprint density at radius 2 is 1.42 bits per heavy atom. The number of hydrogen-bond donors (Lipinski definition) is 3. The summed E-state index contributed by atoms with van der Waals surface area (Å²) in [5.74, 6) is 0.844. The monoisotopic (exact) mass is 518 g/mol. The standard InChI is InChI=1S/C30H30O8/c1-35-27-13-19(6-5-18(27)12-21(31)8-3-17-4-9-24(32)26(34)11-17)29-22-15-38-30(23(22)16-37-29)20-7-10-25(33)28(14-20)36-2/h3-11,13-14,22-23,29-30,32-34H,12,15-16H2,1-2H3. The largest absolute Gasteiger partial charge is 0.504 e. The highest BCUT2D eigenvalue weighted by molar-refractivity contribution is 5.95. The quantitative estimate of drug-likeness (QED) is 0.290. The summed E-state index contributed by atoms with van der Waals surface area (Å²) in [6.45, 7) is 1.09. The van der Waals surface area contributed by atoms with Crippen LogP contribution in [0.1, 0.15) is 34.5 Å². The first kappa shape index (κ1) is 25.6. The van der Waals surface area contributed by atoms with Gasteiger partial charge in [-0.05, 0) is 53.1 Å². The lowest BCUT2D eigenvalue weighted by Crippen LogP contribution is -2.15. The molecule has 8 heteroatoms. The molecule has 2 saturated heterocycles. The molecule has 0 bridgehead atoms. The fraction of sp³-hybridized carbons (Fsp3) is 0.300. The van der Waals surface area contributed by atoms with Crippen molar-refractivity contribution in [3.05, 3.63) is 82.9 Å². The summed E-state index contributed by atoms with van der Waals surface area (Å²) in [4.78, 5) is 12.6. The van der Waals surface area contributed by atoms with Crippen molar-refractivity contribution in [1.29, 1.82) is 0 Å². The van der Waals surface area contributed by atoms with Gasteiger partial charge in [-0.1, -0.05) is 30.3 Å². The second-order valence-electron chi connectivity index (χ2n) is 9.56. The van der Waals surface area contributed by atoms with Crippen LogP contribution >= 0.6 is 0 Å². The number of rotatable bonds is 8. The van der Waals surface area contributed by atoms with Crippen LogP contribution < -0.4 is 9.47 Å². The van der Waals surface area contributed by atoms with Crippen molar-refractivity contribution < 1.29 is 39.1 Å². The first-order valence-electron chi connectivity index (χ1n) is 12.4. The van der Waals surface area contributed by atoms with Gasteiger partial charge in [0.05, 0.1) is 39.6 Å². The number of fused-ring (bicyclic) bond motifs is 1. The Bertz CT molecular complexity index is 1360. The van der Waals surface area contributed by atoms with E-state index in [0.29, 0.717) is 30.3 Å². The average Bonchev–Trinajstić information content (AvgIpc) is 3.53. The molecule has 38 heavy (non-hydrogen) atoms. The van der Waals surface area contributed by atoms with Gasteiger partial charge in [-0.2, -0.15) is 0 Å². The van der Waals surface area contributed by atoms with E-state index in [0.717, 1.165) is 16.7 Å². The van der Waals surface area contributed by atoms with Crippen molar-refractivity contribution in [2.45, 2.75) is 18.6 Å². The minimum Gasteiger partial charge on any atom is -0.504 e. The third-order valence-corrected chi connectivity index (χ3v) is 7.26. The lowest BCUT2D eigenvalue weighted by molar-refractivity contribution is -0.114. The first-order valence-corrected chi connectivity index (χ1v) is 12.4. The summed E-state index contributed by atoms with van der Waals surface area (Å²) in [6.07, 6.45) is 2.87. The molecule has 0 amide bonds. The van der Waals surface area contributed by atoms with E-state index in [4.69, 9.17) is 18.9 Å². The van der Waals surface area contributed by atoms with Gasteiger partial charge in [-0.25, -0.2) is 0 Å². The lowest BCUT2D eigenvalue weighted by Gasteiger charge is -2.18. The summed E-state index contributed by atoms with van der Waals surface area (Å²) in [5.41, 5.74) is 3.27. The van der Waals surface area contributed by atoms with Gasteiger partial charge in [0.2, 0.25) is 0 Å². The molecule has 3 aromatic rings. The number of phenols is 3. The van der Waals surface area contributed by atoms with E-state index in [-0.39, 0.29) is 53.5 Å². The predicted octanol–water partition coefficient (Wildman–Crippen LogP) is 4.72. The molecule has 3 aromatic carbocycles. The fourth-order valence-electron chi connectivity index (χ4n) is 5.27. The molecule has 2 fully saturated rings. The Morgan fingerprint density at radius 3 is 2.05 bits per heavy atom. The van der Waals surface area contributed by atoms with Gasteiger partial charge < -0.3 is 34.3 Å². The molecule has 0 saturated carbocycles. The number of allylic oxidation sites excluding steroid dienone is 1. The van der Waals surface area contributed by atoms with Crippen molar-refractivity contribution in [3.63, 3.8) is 0 Å². The molecule has 2 aliphatic rings. The minimum absolute atomic E-state index is 0.0900. The molecule has 5 rings (SSSR count). The molecule has 0 aliphatic carbocycles. The van der Waals surface area contributed by atoms with Crippen LogP contribution in [0.3, 0.4) is 0 Å². The predicted molar refractivity (Wildman–Crippen MR) is 140 cm³/mol. The van der Waals surface area contributed by atoms with Crippen LogP contribution in [-0.4, -0.2) is 48.5 Å². The number of methoxy groups -OCH3 is 2. The number of hydrogen-bond acceptors (Lipinski definition) is 8. The molecule has 3 N–H and O–H groups in total. The zero-order chi connectivity index (χ0) is 26.8. The van der Waals surface area contributed by atoms with Crippen molar-refractivity contribution in [1.82, 2.24) is 0 Å². The van der Waals surface area contributed by atoms with Crippen LogP contribution in [0.4, 0.5) is 0 Å². The van der Waals surface area contributed by atoms with Gasteiger partial charge in [-0.3, -0.25) is 4.79 Å². The number of ether oxygens (including phenoxy) is 4. The molecule has 0 spiro atoms. The van der Waals surface area contributed by atoms with Gasteiger partial charge in [0.25, 0.3) is 0 Å². The zero-order valence-electron chi connectivity index (χ0n) is 21.2. The third-order valence-electron chi connectivity index (χ3n) is 7.26. The van der Waals surface area contributed by atoms with E-state index in [9.17, 15) is 20.1 Å². The van der Waals surface area contributed by atoms with E-state index in [2.05, 4.69) is 0 Å². The first-order chi connectivity index (χ1) is 18.4. The highest BCUT2D eigenvalue weighted by Crippen LogP contribution is 2.51. The molecule has 0 radical (unpaired) electrons. The molecule has 8 nitrogen and oxygen atoms in total. The number of carbonyl (C=O) groups is 1. The lowest BCUT2D eigenvalue weighted by atomic mass is 9.84. The van der Waals surface area contributed by atoms with Gasteiger partial charge in [0.15, 0.2) is 28.8 Å². The Balaban J connectivity index is 1.28. The van der Waals surface area contributed by atoms with Crippen LogP contribution in [0, 0.1) is 11.8 Å². The maximum Gasteiger partial charge on any atom is 0.160 e. The summed E-state index contributed by atoms with van der Waals surface area (Å²) in [7, 11) is 3.10. The second kappa shape index (κ2) is 10.8. The highest BCUT2D eigenvalue weighted by atomic mass is 16.5. The molecule has 0 aromatic heterocycles. The SMILES string of the molecule is COc1cc(C2OCC3C(c4ccc(CC(=O)C=Cc5ccc(O)c(O)c5)c(OC)c4)OCC23)ccc1O. The summed E-state index contributed by atoms with van der Waals surface area (Å²) >= 11 is 0. The van der Waals surface area contributed by atoms with Crippen LogP contribution in [0.25, 0.3) is 6.08 Å². The Labute approximate surface area is 220 Å². The fourth-order valence-corrected chi connectivity index (χ4v) is 5.27. The second-order valence-corrected chi connectivity index (χ2v) is 9.56. The average molecular weight is 519 g/mol. The molecule has 198 valence electrons. The van der Waals surface area contributed by atoms with Crippen molar-refractivity contribution >= 4 is 11.9 Å². The van der Waals surface area contributed by atoms with E-state index < -0.39 is 0 Å². The highest BCUT2D eigenvalue weighted by Gasteiger charge is 2.48. The maximum atomic E-state index is 12.6. The van der Waals surface area contributed by atoms with Gasteiger partial charge in [-0.15, -0.1) is 0 Å². The van der Waals surface area contributed by atoms with Crippen molar-refractivity contribution in [2.75, 3.05) is 27.4 Å². The Hall–Kier alpha value is -4.01. The van der Waals surface area contributed by atoms with Crippen molar-refractivity contribution in [2.24, 2.45) is 11.8 Å². The van der Waals surface area contributed by atoms with E-state index in [1.54, 1.807) is 25.3 Å². The van der Waals surface area contributed by atoms with E-state index >= 15 is 0 Å². The van der Waals surface area contributed by atoms with Gasteiger partial charge in [0.1, 0.15) is 5.75 Å². The summed E-state index contributed by atoms with van der Waals surface area (Å²) in [5, 5.41) is 29.0. The Morgan fingerprint density at radius 1 is 0.816 bits per heavy atom. The molecular weight excluding hydrogens is 488 g/mol. The summed E-state index contributed by atoms with van der Waals surface area (Å²) in [6, 6.07) is 15.4. The number of phenolic OH excluding ortho intramolecular Hbond substituents is 3. The van der Waals surface area contributed by atoms with Gasteiger partial charge in [0, 0.05) is 23.8 Å². The number of ketones is 1. The maximum absolute atomic E-state index is 12.6. The number of aromatic hydroxyl groups is 3. The third kappa shape index (κ3) is 5.05. The van der Waals surface area contributed by atoms with Crippen LogP contribution in [0.5, 0.6) is 28.7 Å². The molecule has 2 aliphatic heterocycles. The number of carbonyl (C=O) groups excluding carboxylic acids is 1. The molecule has 4 unspecified atom stereocenters. The van der Waals surface area contributed by atoms with Crippen molar-refractivity contribution in [3.8, 4) is 28.7 Å². The van der Waals surface area contributed by atoms with Crippen LogP contribution in [0.2, 0.25) is 0 Å². The Kier molecular flexibility index (Phi) is 7.26. The molecule has 2 heterocycles. The molecular formula is C30H30O8. The summed E-state index contributed by atoms with van der Waals surface area (Å²) < 4.78 is 23.3. The topological polar surface area (TPSA) is 115 Å². The minimum atomic E-state index is -0.241. The molecule has 4 atom stereocenters. The van der Waals surface area contributed by atoms with Crippen LogP contribution in [0.15, 0.2) is 60.7 Å². The smallest absolute Gasteiger partial charge is 0.160 e. The van der Waals surface area contributed by atoms with E-state index in [1.807, 2.05) is 30.3 Å². The van der Waals surface area contributed by atoms with E-state index in [1.165, 1.54) is 25.3 Å². The van der Waals surface area contributed by atoms with Crippen LogP contribution in [-0.2, 0) is 20.7 Å². The zero-order valence-corrected chi connectivity index (χ0v) is 21.2. The number of benzene rings is 3. The normalized spacial score (nSPS) is 22.5. The van der Waals surface area contributed by atoms with Gasteiger partial charge >= 0.3 is 0 Å².